The maximum absolute atomic E-state index is 4.28. The Morgan fingerprint density at radius 3 is 2.95 bits per heavy atom. The Hall–Kier alpha value is -1.81. The summed E-state index contributed by atoms with van der Waals surface area (Å²) in [4.78, 5) is 2.37. The van der Waals surface area contributed by atoms with Crippen LogP contribution in [-0.4, -0.2) is 40.9 Å². The summed E-state index contributed by atoms with van der Waals surface area (Å²) in [6, 6.07) is 11.0. The highest BCUT2D eigenvalue weighted by molar-refractivity contribution is 5.52. The number of anilines is 1. The van der Waals surface area contributed by atoms with Gasteiger partial charge in [-0.2, -0.15) is 5.10 Å². The second-order valence-corrected chi connectivity index (χ2v) is 5.25. The topological polar surface area (TPSA) is 33.1 Å². The first-order valence-electron chi connectivity index (χ1n) is 6.82. The normalized spacial score (nSPS) is 19.7. The molecule has 1 atom stereocenters. The van der Waals surface area contributed by atoms with Gasteiger partial charge in [0.25, 0.3) is 0 Å². The maximum atomic E-state index is 4.28. The molecule has 100 valence electrons. The Morgan fingerprint density at radius 2 is 2.21 bits per heavy atom. The van der Waals surface area contributed by atoms with E-state index in [-0.39, 0.29) is 0 Å². The lowest BCUT2D eigenvalue weighted by atomic mass is 10.1. The first kappa shape index (κ1) is 12.2. The van der Waals surface area contributed by atoms with Crippen molar-refractivity contribution in [2.45, 2.75) is 19.0 Å². The number of para-hydroxylation sites is 1. The number of hydrogen-bond donors (Lipinski definition) is 1. The molecule has 0 radical (unpaired) electrons. The molecule has 1 fully saturated rings. The van der Waals surface area contributed by atoms with Crippen molar-refractivity contribution in [3.05, 3.63) is 48.3 Å². The summed E-state index contributed by atoms with van der Waals surface area (Å²) >= 11 is 0. The molecule has 0 spiro atoms. The van der Waals surface area contributed by atoms with Crippen molar-refractivity contribution in [3.63, 3.8) is 0 Å². The van der Waals surface area contributed by atoms with Gasteiger partial charge in [-0.1, -0.05) is 18.2 Å². The molecule has 1 aromatic carbocycles. The molecule has 1 aliphatic rings. The number of hydrogen-bond acceptors (Lipinski definition) is 3. The van der Waals surface area contributed by atoms with Crippen molar-refractivity contribution < 1.29 is 0 Å². The van der Waals surface area contributed by atoms with Crippen LogP contribution in [0.4, 0.5) is 5.69 Å². The smallest absolute Gasteiger partial charge is 0.0679 e. The van der Waals surface area contributed by atoms with Crippen molar-refractivity contribution >= 4 is 5.69 Å². The summed E-state index contributed by atoms with van der Waals surface area (Å²) in [6.07, 6.45) is 5.04. The SMILES string of the molecule is CN1CCC(Nc2ccccc2Cn2cccn2)C1. The van der Waals surface area contributed by atoms with Gasteiger partial charge < -0.3 is 10.2 Å². The molecule has 1 aliphatic heterocycles. The Morgan fingerprint density at radius 1 is 1.32 bits per heavy atom. The van der Waals surface area contributed by atoms with Crippen molar-refractivity contribution in [1.29, 1.82) is 0 Å². The third-order valence-electron chi connectivity index (χ3n) is 3.66. The highest BCUT2D eigenvalue weighted by atomic mass is 15.3. The molecule has 4 nitrogen and oxygen atoms in total. The van der Waals surface area contributed by atoms with E-state index in [2.05, 4.69) is 46.6 Å². The average Bonchev–Trinajstić information content (AvgIpc) is 3.04. The van der Waals surface area contributed by atoms with Crippen molar-refractivity contribution in [2.24, 2.45) is 0 Å². The predicted molar refractivity (Wildman–Crippen MR) is 77.3 cm³/mol. The molecule has 4 heteroatoms. The van der Waals surface area contributed by atoms with Crippen molar-refractivity contribution in [2.75, 3.05) is 25.5 Å². The van der Waals surface area contributed by atoms with E-state index in [1.807, 2.05) is 23.1 Å². The number of likely N-dealkylation sites (N-methyl/N-ethyl adjacent to an activating group) is 1. The number of rotatable bonds is 4. The first-order valence-corrected chi connectivity index (χ1v) is 6.82. The van der Waals surface area contributed by atoms with Crippen LogP contribution < -0.4 is 5.32 Å². The van der Waals surface area contributed by atoms with Crippen LogP contribution >= 0.6 is 0 Å². The number of aromatic nitrogens is 2. The second-order valence-electron chi connectivity index (χ2n) is 5.25. The van der Waals surface area contributed by atoms with Gasteiger partial charge in [0.1, 0.15) is 0 Å². The zero-order valence-electron chi connectivity index (χ0n) is 11.3. The van der Waals surface area contributed by atoms with E-state index in [4.69, 9.17) is 0 Å². The van der Waals surface area contributed by atoms with Crippen LogP contribution in [0.15, 0.2) is 42.7 Å². The van der Waals surface area contributed by atoms with Gasteiger partial charge in [-0.3, -0.25) is 4.68 Å². The van der Waals surface area contributed by atoms with E-state index in [1.54, 1.807) is 0 Å². The Labute approximate surface area is 114 Å². The lowest BCUT2D eigenvalue weighted by Gasteiger charge is -2.17. The van der Waals surface area contributed by atoms with Gasteiger partial charge >= 0.3 is 0 Å². The van der Waals surface area contributed by atoms with Crippen molar-refractivity contribution in [1.82, 2.24) is 14.7 Å². The van der Waals surface area contributed by atoms with E-state index < -0.39 is 0 Å². The van der Waals surface area contributed by atoms with Crippen molar-refractivity contribution in [3.8, 4) is 0 Å². The highest BCUT2D eigenvalue weighted by Crippen LogP contribution is 2.20. The molecular formula is C15H20N4. The molecule has 2 aromatic rings. The van der Waals surface area contributed by atoms with Crippen LogP contribution in [0.25, 0.3) is 0 Å². The molecular weight excluding hydrogens is 236 g/mol. The van der Waals surface area contributed by atoms with Crippen LogP contribution in [0, 0.1) is 0 Å². The van der Waals surface area contributed by atoms with E-state index >= 15 is 0 Å². The fraction of sp³-hybridized carbons (Fsp3) is 0.400. The zero-order chi connectivity index (χ0) is 13.1. The summed E-state index contributed by atoms with van der Waals surface area (Å²) in [7, 11) is 2.18. The summed E-state index contributed by atoms with van der Waals surface area (Å²) in [6.45, 7) is 3.12. The maximum Gasteiger partial charge on any atom is 0.0679 e. The number of benzene rings is 1. The quantitative estimate of drug-likeness (QED) is 0.909. The van der Waals surface area contributed by atoms with Crippen LogP contribution in [0.3, 0.4) is 0 Å². The van der Waals surface area contributed by atoms with E-state index in [0.29, 0.717) is 6.04 Å². The highest BCUT2D eigenvalue weighted by Gasteiger charge is 2.19. The lowest BCUT2D eigenvalue weighted by Crippen LogP contribution is -2.24. The van der Waals surface area contributed by atoms with Gasteiger partial charge in [0.15, 0.2) is 0 Å². The first-order chi connectivity index (χ1) is 9.31. The van der Waals surface area contributed by atoms with E-state index in [1.165, 1.54) is 24.2 Å². The molecule has 0 amide bonds. The molecule has 0 saturated carbocycles. The summed E-state index contributed by atoms with van der Waals surface area (Å²) in [5, 5.41) is 7.95. The van der Waals surface area contributed by atoms with E-state index in [0.717, 1.165) is 13.1 Å². The zero-order valence-corrected chi connectivity index (χ0v) is 11.3. The molecule has 1 aromatic heterocycles. The average molecular weight is 256 g/mol. The van der Waals surface area contributed by atoms with Gasteiger partial charge in [0, 0.05) is 30.7 Å². The molecule has 1 unspecified atom stereocenters. The van der Waals surface area contributed by atoms with Gasteiger partial charge in [-0.15, -0.1) is 0 Å². The fourth-order valence-electron chi connectivity index (χ4n) is 2.64. The van der Waals surface area contributed by atoms with Crippen LogP contribution in [-0.2, 0) is 6.54 Å². The molecule has 0 aliphatic carbocycles. The minimum Gasteiger partial charge on any atom is -0.381 e. The van der Waals surface area contributed by atoms with Crippen LogP contribution in [0.1, 0.15) is 12.0 Å². The Balaban J connectivity index is 1.73. The molecule has 1 saturated heterocycles. The minimum absolute atomic E-state index is 0.559. The summed E-state index contributed by atoms with van der Waals surface area (Å²) < 4.78 is 1.96. The van der Waals surface area contributed by atoms with Gasteiger partial charge in [0.2, 0.25) is 0 Å². The predicted octanol–water partition coefficient (Wildman–Crippen LogP) is 2.05. The number of likely N-dealkylation sites (tertiary alicyclic amines) is 1. The molecule has 19 heavy (non-hydrogen) atoms. The summed E-state index contributed by atoms with van der Waals surface area (Å²) in [5.41, 5.74) is 2.53. The fourth-order valence-corrected chi connectivity index (χ4v) is 2.64. The second kappa shape index (κ2) is 5.45. The van der Waals surface area contributed by atoms with Crippen LogP contribution in [0.5, 0.6) is 0 Å². The van der Waals surface area contributed by atoms with Gasteiger partial charge in [0.05, 0.1) is 6.54 Å². The van der Waals surface area contributed by atoms with Gasteiger partial charge in [-0.25, -0.2) is 0 Å². The standard InChI is InChI=1S/C15H20N4/c1-18-10-7-14(12-18)17-15-6-3-2-5-13(15)11-19-9-4-8-16-19/h2-6,8-9,14,17H,7,10-12H2,1H3. The monoisotopic (exact) mass is 256 g/mol. The van der Waals surface area contributed by atoms with Crippen LogP contribution in [0.2, 0.25) is 0 Å². The largest absolute Gasteiger partial charge is 0.381 e. The molecule has 2 heterocycles. The number of nitrogens with zero attached hydrogens (tertiary/aromatic N) is 3. The summed E-state index contributed by atoms with van der Waals surface area (Å²) in [5.74, 6) is 0. The third-order valence-corrected chi connectivity index (χ3v) is 3.66. The van der Waals surface area contributed by atoms with Gasteiger partial charge in [-0.05, 0) is 37.7 Å². The molecule has 1 N–H and O–H groups in total. The molecule has 0 bridgehead atoms. The minimum atomic E-state index is 0.559. The molecule has 3 rings (SSSR count). The Bertz CT molecular complexity index is 521. The van der Waals surface area contributed by atoms with E-state index in [9.17, 15) is 0 Å². The third kappa shape index (κ3) is 2.96. The number of nitrogens with one attached hydrogen (secondary N) is 1. The Kier molecular flexibility index (Phi) is 3.51. The lowest BCUT2D eigenvalue weighted by molar-refractivity contribution is 0.414.